The molecular formula is C32H35F2NO5S. The quantitative estimate of drug-likeness (QED) is 0.186. The Labute approximate surface area is 240 Å². The predicted octanol–water partition coefficient (Wildman–Crippen LogP) is 6.42. The van der Waals surface area contributed by atoms with Crippen molar-refractivity contribution < 1.29 is 31.5 Å². The van der Waals surface area contributed by atoms with Crippen molar-refractivity contribution in [1.29, 1.82) is 0 Å². The number of sulfonamides is 1. The number of halogens is 2. The molecule has 4 rings (SSSR count). The summed E-state index contributed by atoms with van der Waals surface area (Å²) in [5, 5.41) is 0. The van der Waals surface area contributed by atoms with Crippen LogP contribution in [0.15, 0.2) is 89.8 Å². The number of benzene rings is 3. The van der Waals surface area contributed by atoms with Crippen molar-refractivity contribution in [2.75, 3.05) is 13.7 Å². The number of ether oxygens (including phenoxy) is 2. The second-order valence-electron chi connectivity index (χ2n) is 10.2. The lowest BCUT2D eigenvalue weighted by atomic mass is 9.91. The molecule has 0 saturated heterocycles. The lowest BCUT2D eigenvalue weighted by Crippen LogP contribution is -2.33. The van der Waals surface area contributed by atoms with E-state index >= 15 is 0 Å². The Kier molecular flexibility index (Phi) is 10.8. The van der Waals surface area contributed by atoms with Gasteiger partial charge in [0.15, 0.2) is 0 Å². The highest BCUT2D eigenvalue weighted by atomic mass is 32.2. The van der Waals surface area contributed by atoms with Crippen molar-refractivity contribution in [3.05, 3.63) is 102 Å². The highest BCUT2D eigenvalue weighted by Crippen LogP contribution is 2.37. The van der Waals surface area contributed by atoms with E-state index in [1.165, 1.54) is 7.11 Å². The Morgan fingerprint density at radius 1 is 0.976 bits per heavy atom. The molecule has 1 saturated carbocycles. The van der Waals surface area contributed by atoms with Gasteiger partial charge in [0.2, 0.25) is 10.0 Å². The van der Waals surface area contributed by atoms with Crippen molar-refractivity contribution in [2.24, 2.45) is 11.8 Å². The first-order valence-corrected chi connectivity index (χ1v) is 15.2. The lowest BCUT2D eigenvalue weighted by Gasteiger charge is -2.24. The van der Waals surface area contributed by atoms with Gasteiger partial charge in [-0.05, 0) is 66.3 Å². The first kappa shape index (κ1) is 30.6. The van der Waals surface area contributed by atoms with Crippen LogP contribution in [-0.4, -0.2) is 34.1 Å². The van der Waals surface area contributed by atoms with E-state index < -0.39 is 26.6 Å². The molecule has 1 aliphatic rings. The first-order chi connectivity index (χ1) is 19.8. The molecule has 3 atom stereocenters. The predicted molar refractivity (Wildman–Crippen MR) is 153 cm³/mol. The normalized spacial score (nSPS) is 19.0. The minimum absolute atomic E-state index is 0.00809. The van der Waals surface area contributed by atoms with E-state index in [-0.39, 0.29) is 36.9 Å². The molecule has 0 amide bonds. The van der Waals surface area contributed by atoms with Gasteiger partial charge in [-0.15, -0.1) is 0 Å². The summed E-state index contributed by atoms with van der Waals surface area (Å²) >= 11 is 0. The lowest BCUT2D eigenvalue weighted by molar-refractivity contribution is -0.140. The largest absolute Gasteiger partial charge is 0.469 e. The van der Waals surface area contributed by atoms with Crippen molar-refractivity contribution in [1.82, 2.24) is 4.72 Å². The minimum Gasteiger partial charge on any atom is -0.469 e. The van der Waals surface area contributed by atoms with Gasteiger partial charge in [-0.1, -0.05) is 66.7 Å². The monoisotopic (exact) mass is 583 g/mol. The van der Waals surface area contributed by atoms with Crippen LogP contribution in [0.3, 0.4) is 0 Å². The average Bonchev–Trinajstić information content (AvgIpc) is 3.36. The molecule has 6 nitrogen and oxygen atoms in total. The second kappa shape index (κ2) is 14.5. The van der Waals surface area contributed by atoms with E-state index in [1.807, 2.05) is 42.5 Å². The third kappa shape index (κ3) is 8.55. The Balaban J connectivity index is 1.40. The van der Waals surface area contributed by atoms with E-state index in [9.17, 15) is 22.0 Å². The van der Waals surface area contributed by atoms with Gasteiger partial charge in [-0.2, -0.15) is 0 Å². The van der Waals surface area contributed by atoms with Gasteiger partial charge in [0.05, 0.1) is 19.8 Å². The van der Waals surface area contributed by atoms with Crippen molar-refractivity contribution in [3.8, 4) is 11.1 Å². The summed E-state index contributed by atoms with van der Waals surface area (Å²) in [6, 6.07) is 20.7. The van der Waals surface area contributed by atoms with Gasteiger partial charge in [0, 0.05) is 19.0 Å². The summed E-state index contributed by atoms with van der Waals surface area (Å²) in [6.45, 7) is 0.521. The molecule has 0 bridgehead atoms. The number of rotatable bonds is 13. The molecule has 218 valence electrons. The van der Waals surface area contributed by atoms with Crippen LogP contribution >= 0.6 is 0 Å². The zero-order chi connectivity index (χ0) is 29.2. The Bertz CT molecular complexity index is 1430. The Morgan fingerprint density at radius 3 is 2.41 bits per heavy atom. The van der Waals surface area contributed by atoms with Gasteiger partial charge in [0.1, 0.15) is 16.5 Å². The van der Waals surface area contributed by atoms with Crippen molar-refractivity contribution >= 4 is 16.0 Å². The molecular weight excluding hydrogens is 548 g/mol. The summed E-state index contributed by atoms with van der Waals surface area (Å²) < 4.78 is 66.6. The average molecular weight is 584 g/mol. The standard InChI is InChI=1S/C32H35F2NO5S/c1-39-32(36)11-7-3-6-10-28-26(21-35-41(37,38)31-19-17-27(33)20-29(31)34)16-18-30(28)40-22-23-12-14-25(15-13-23)24-8-4-2-5-9-24/h2-6,8-9,12-15,17,19-20,26,28,30,35H,7,10-11,16,18,21-22H2,1H3/t26-,28-,30+/m1/s1. The minimum atomic E-state index is -4.16. The van der Waals surface area contributed by atoms with E-state index in [4.69, 9.17) is 4.74 Å². The van der Waals surface area contributed by atoms with E-state index in [0.29, 0.717) is 25.5 Å². The van der Waals surface area contributed by atoms with Gasteiger partial charge in [-0.25, -0.2) is 21.9 Å². The van der Waals surface area contributed by atoms with Crippen molar-refractivity contribution in [2.45, 2.75) is 49.7 Å². The summed E-state index contributed by atoms with van der Waals surface area (Å²) in [7, 11) is -2.81. The van der Waals surface area contributed by atoms with E-state index in [2.05, 4.69) is 33.7 Å². The van der Waals surface area contributed by atoms with E-state index in [0.717, 1.165) is 41.7 Å². The number of methoxy groups -OCH3 is 1. The highest BCUT2D eigenvalue weighted by molar-refractivity contribution is 7.89. The van der Waals surface area contributed by atoms with Crippen LogP contribution in [0.5, 0.6) is 0 Å². The van der Waals surface area contributed by atoms with E-state index in [1.54, 1.807) is 0 Å². The fraction of sp³-hybridized carbons (Fsp3) is 0.344. The van der Waals surface area contributed by atoms with Crippen LogP contribution < -0.4 is 4.72 Å². The third-order valence-corrected chi connectivity index (χ3v) is 8.92. The summed E-state index contributed by atoms with van der Waals surface area (Å²) in [6.07, 6.45) is 6.74. The first-order valence-electron chi connectivity index (χ1n) is 13.7. The fourth-order valence-electron chi connectivity index (χ4n) is 5.20. The molecule has 1 aliphatic carbocycles. The summed E-state index contributed by atoms with van der Waals surface area (Å²) in [4.78, 5) is 10.8. The highest BCUT2D eigenvalue weighted by Gasteiger charge is 2.37. The second-order valence-corrected chi connectivity index (χ2v) is 11.9. The number of esters is 1. The SMILES string of the molecule is COC(=O)CCC=CC[C@@H]1[C@@H](CNS(=O)(=O)c2ccc(F)cc2F)CC[C@@H]1OCc1ccc(-c2ccccc2)cc1. The number of allylic oxidation sites excluding steroid dienone is 2. The van der Waals surface area contributed by atoms with Crippen molar-refractivity contribution in [3.63, 3.8) is 0 Å². The molecule has 41 heavy (non-hydrogen) atoms. The molecule has 0 heterocycles. The molecule has 0 radical (unpaired) electrons. The Morgan fingerprint density at radius 2 is 1.71 bits per heavy atom. The maximum absolute atomic E-state index is 14.2. The van der Waals surface area contributed by atoms with Gasteiger partial charge >= 0.3 is 5.97 Å². The number of hydrogen-bond donors (Lipinski definition) is 1. The number of hydrogen-bond acceptors (Lipinski definition) is 5. The molecule has 1 fully saturated rings. The molecule has 0 aliphatic heterocycles. The number of nitrogens with one attached hydrogen (secondary N) is 1. The Hall–Kier alpha value is -3.40. The van der Waals surface area contributed by atoms with Gasteiger partial charge in [-0.3, -0.25) is 4.79 Å². The fourth-order valence-corrected chi connectivity index (χ4v) is 6.36. The zero-order valence-corrected chi connectivity index (χ0v) is 23.8. The van der Waals surface area contributed by atoms with Crippen LogP contribution in [0, 0.1) is 23.5 Å². The van der Waals surface area contributed by atoms with Crippen LogP contribution in [0.1, 0.15) is 37.7 Å². The molecule has 1 N–H and O–H groups in total. The van der Waals surface area contributed by atoms with Crippen LogP contribution in [-0.2, 0) is 30.9 Å². The molecule has 9 heteroatoms. The van der Waals surface area contributed by atoms with Crippen LogP contribution in [0.25, 0.3) is 11.1 Å². The van der Waals surface area contributed by atoms with Gasteiger partial charge < -0.3 is 9.47 Å². The summed E-state index contributed by atoms with van der Waals surface area (Å²) in [5.74, 6) is -2.30. The molecule has 0 unspecified atom stereocenters. The van der Waals surface area contributed by atoms with Crippen LogP contribution in [0.2, 0.25) is 0 Å². The molecule has 0 aromatic heterocycles. The topological polar surface area (TPSA) is 81.7 Å². The number of carbonyl (C=O) groups excluding carboxylic acids is 1. The maximum Gasteiger partial charge on any atom is 0.305 e. The molecule has 3 aromatic carbocycles. The number of carbonyl (C=O) groups is 1. The zero-order valence-electron chi connectivity index (χ0n) is 23.0. The molecule has 3 aromatic rings. The smallest absolute Gasteiger partial charge is 0.305 e. The third-order valence-electron chi connectivity index (χ3n) is 7.47. The maximum atomic E-state index is 14.2. The molecule has 0 spiro atoms. The van der Waals surface area contributed by atoms with Crippen LogP contribution in [0.4, 0.5) is 8.78 Å². The summed E-state index contributed by atoms with van der Waals surface area (Å²) in [5.41, 5.74) is 3.30. The van der Waals surface area contributed by atoms with Gasteiger partial charge in [0.25, 0.3) is 0 Å².